The maximum atomic E-state index is 13.1. The molecular weight excluding hydrogens is 387 g/mol. The van der Waals surface area contributed by atoms with Gasteiger partial charge in [-0.25, -0.2) is 4.39 Å². The van der Waals surface area contributed by atoms with Crippen molar-refractivity contribution in [2.45, 2.75) is 64.0 Å². The van der Waals surface area contributed by atoms with Crippen LogP contribution in [0.1, 0.15) is 68.1 Å². The minimum atomic E-state index is -0.297. The number of hydrogen-bond acceptors (Lipinski definition) is 5. The molecule has 8 heteroatoms. The predicted octanol–water partition coefficient (Wildman–Crippen LogP) is 3.31. The third-order valence-corrected chi connectivity index (χ3v) is 5.99. The molecule has 160 valence electrons. The highest BCUT2D eigenvalue weighted by Gasteiger charge is 2.33. The zero-order chi connectivity index (χ0) is 20.9. The quantitative estimate of drug-likeness (QED) is 0.751. The van der Waals surface area contributed by atoms with E-state index in [4.69, 9.17) is 4.52 Å². The van der Waals surface area contributed by atoms with Gasteiger partial charge >= 0.3 is 0 Å². The second kappa shape index (κ2) is 9.36. The number of carbonyl (C=O) groups excluding carboxylic acids is 2. The highest BCUT2D eigenvalue weighted by atomic mass is 19.1. The number of benzene rings is 1. The number of nitrogens with one attached hydrogen (secondary N) is 1. The summed E-state index contributed by atoms with van der Waals surface area (Å²) in [6, 6.07) is 6.14. The van der Waals surface area contributed by atoms with Crippen LogP contribution in [0.3, 0.4) is 0 Å². The SMILES string of the molecule is O=C(CC1CCCCC1)NCc1nc([C@H]2CC(=O)N(Cc3ccc(F)cc3)C2)no1. The number of aromatic nitrogens is 2. The minimum Gasteiger partial charge on any atom is -0.347 e. The number of nitrogens with zero attached hydrogens (tertiary/aromatic N) is 3. The van der Waals surface area contributed by atoms with Gasteiger partial charge in [0, 0.05) is 31.8 Å². The molecule has 2 heterocycles. The lowest BCUT2D eigenvalue weighted by Gasteiger charge is -2.20. The Morgan fingerprint density at radius 3 is 2.73 bits per heavy atom. The molecule has 30 heavy (non-hydrogen) atoms. The maximum Gasteiger partial charge on any atom is 0.246 e. The number of halogens is 1. The van der Waals surface area contributed by atoms with E-state index >= 15 is 0 Å². The first-order chi connectivity index (χ1) is 14.6. The summed E-state index contributed by atoms with van der Waals surface area (Å²) in [6.07, 6.45) is 6.82. The molecule has 1 aromatic carbocycles. The van der Waals surface area contributed by atoms with Gasteiger partial charge in [-0.15, -0.1) is 0 Å². The van der Waals surface area contributed by atoms with Crippen LogP contribution in [-0.4, -0.2) is 33.4 Å². The van der Waals surface area contributed by atoms with Crippen LogP contribution >= 0.6 is 0 Å². The van der Waals surface area contributed by atoms with E-state index in [9.17, 15) is 14.0 Å². The average Bonchev–Trinajstić information content (AvgIpc) is 3.36. The Kier molecular flexibility index (Phi) is 6.40. The molecule has 0 radical (unpaired) electrons. The normalized spacial score (nSPS) is 20.0. The molecule has 2 aliphatic rings. The summed E-state index contributed by atoms with van der Waals surface area (Å²) in [6.45, 7) is 1.12. The number of rotatable bonds is 7. The van der Waals surface area contributed by atoms with E-state index in [1.165, 1.54) is 31.4 Å². The molecule has 0 unspecified atom stereocenters. The minimum absolute atomic E-state index is 0.0106. The molecule has 2 fully saturated rings. The van der Waals surface area contributed by atoms with Crippen LogP contribution in [0.5, 0.6) is 0 Å². The topological polar surface area (TPSA) is 88.3 Å². The second-order valence-electron chi connectivity index (χ2n) is 8.33. The highest BCUT2D eigenvalue weighted by Crippen LogP contribution is 2.28. The van der Waals surface area contributed by atoms with Crippen molar-refractivity contribution in [3.63, 3.8) is 0 Å². The Morgan fingerprint density at radius 1 is 1.20 bits per heavy atom. The molecule has 1 aliphatic carbocycles. The third kappa shape index (κ3) is 5.23. The van der Waals surface area contributed by atoms with E-state index < -0.39 is 0 Å². The Balaban J connectivity index is 1.26. The van der Waals surface area contributed by atoms with E-state index in [0.29, 0.717) is 43.6 Å². The third-order valence-electron chi connectivity index (χ3n) is 5.99. The summed E-state index contributed by atoms with van der Waals surface area (Å²) in [5, 5.41) is 6.88. The number of hydrogen-bond donors (Lipinski definition) is 1. The number of amides is 2. The van der Waals surface area contributed by atoms with Crippen molar-refractivity contribution >= 4 is 11.8 Å². The molecule has 1 atom stereocenters. The lowest BCUT2D eigenvalue weighted by Crippen LogP contribution is -2.26. The van der Waals surface area contributed by atoms with Gasteiger partial charge in [-0.05, 0) is 36.5 Å². The monoisotopic (exact) mass is 414 g/mol. The molecule has 1 aromatic heterocycles. The summed E-state index contributed by atoms with van der Waals surface area (Å²) in [4.78, 5) is 30.6. The molecule has 1 saturated carbocycles. The van der Waals surface area contributed by atoms with Crippen LogP contribution in [0.2, 0.25) is 0 Å². The number of likely N-dealkylation sites (tertiary alicyclic amines) is 1. The van der Waals surface area contributed by atoms with Crippen molar-refractivity contribution in [3.8, 4) is 0 Å². The van der Waals surface area contributed by atoms with Crippen LogP contribution in [0, 0.1) is 11.7 Å². The summed E-state index contributed by atoms with van der Waals surface area (Å²) >= 11 is 0. The van der Waals surface area contributed by atoms with E-state index in [2.05, 4.69) is 15.5 Å². The van der Waals surface area contributed by atoms with Gasteiger partial charge in [0.2, 0.25) is 17.7 Å². The fraction of sp³-hybridized carbons (Fsp3) is 0.545. The van der Waals surface area contributed by atoms with Crippen molar-refractivity contribution in [1.82, 2.24) is 20.4 Å². The van der Waals surface area contributed by atoms with Gasteiger partial charge in [0.05, 0.1) is 6.54 Å². The summed E-state index contributed by atoms with van der Waals surface area (Å²) in [5.41, 5.74) is 0.875. The zero-order valence-electron chi connectivity index (χ0n) is 17.0. The van der Waals surface area contributed by atoms with Gasteiger partial charge in [0.1, 0.15) is 5.82 Å². The summed E-state index contributed by atoms with van der Waals surface area (Å²) in [7, 11) is 0. The Hall–Kier alpha value is -2.77. The summed E-state index contributed by atoms with van der Waals surface area (Å²) < 4.78 is 18.3. The van der Waals surface area contributed by atoms with E-state index in [1.54, 1.807) is 17.0 Å². The first kappa shape index (κ1) is 20.5. The van der Waals surface area contributed by atoms with Crippen LogP contribution in [-0.2, 0) is 22.7 Å². The van der Waals surface area contributed by atoms with Crippen LogP contribution in [0.15, 0.2) is 28.8 Å². The lowest BCUT2D eigenvalue weighted by molar-refractivity contribution is -0.128. The van der Waals surface area contributed by atoms with Gasteiger partial charge in [-0.1, -0.05) is 36.6 Å². The molecule has 4 rings (SSSR count). The molecule has 0 spiro atoms. The van der Waals surface area contributed by atoms with Gasteiger partial charge in [0.25, 0.3) is 0 Å². The lowest BCUT2D eigenvalue weighted by atomic mass is 9.87. The van der Waals surface area contributed by atoms with Crippen molar-refractivity contribution in [3.05, 3.63) is 47.4 Å². The van der Waals surface area contributed by atoms with E-state index in [0.717, 1.165) is 18.4 Å². The van der Waals surface area contributed by atoms with Gasteiger partial charge in [-0.3, -0.25) is 9.59 Å². The highest BCUT2D eigenvalue weighted by molar-refractivity contribution is 5.79. The Bertz CT molecular complexity index is 877. The molecule has 1 saturated heterocycles. The molecule has 7 nitrogen and oxygen atoms in total. The zero-order valence-corrected chi connectivity index (χ0v) is 17.0. The first-order valence-electron chi connectivity index (χ1n) is 10.7. The van der Waals surface area contributed by atoms with Gasteiger partial charge in [0.15, 0.2) is 5.82 Å². The van der Waals surface area contributed by atoms with E-state index in [1.807, 2.05) is 0 Å². The van der Waals surface area contributed by atoms with Gasteiger partial charge < -0.3 is 14.7 Å². The van der Waals surface area contributed by atoms with Crippen LogP contribution in [0.25, 0.3) is 0 Å². The van der Waals surface area contributed by atoms with Crippen molar-refractivity contribution in [2.75, 3.05) is 6.54 Å². The number of carbonyl (C=O) groups is 2. The smallest absolute Gasteiger partial charge is 0.246 e. The maximum absolute atomic E-state index is 13.1. The van der Waals surface area contributed by atoms with Crippen molar-refractivity contribution < 1.29 is 18.5 Å². The Morgan fingerprint density at radius 2 is 1.97 bits per heavy atom. The van der Waals surface area contributed by atoms with Crippen molar-refractivity contribution in [1.29, 1.82) is 0 Å². The van der Waals surface area contributed by atoms with Crippen molar-refractivity contribution in [2.24, 2.45) is 5.92 Å². The average molecular weight is 414 g/mol. The van der Waals surface area contributed by atoms with Crippen LogP contribution < -0.4 is 5.32 Å². The van der Waals surface area contributed by atoms with Gasteiger partial charge in [-0.2, -0.15) is 4.98 Å². The molecule has 2 amide bonds. The molecule has 0 bridgehead atoms. The van der Waals surface area contributed by atoms with Crippen LogP contribution in [0.4, 0.5) is 4.39 Å². The summed E-state index contributed by atoms with van der Waals surface area (Å²) in [5.74, 6) is 0.907. The fourth-order valence-corrected chi connectivity index (χ4v) is 4.31. The predicted molar refractivity (Wildman–Crippen MR) is 107 cm³/mol. The molecule has 1 aliphatic heterocycles. The molecule has 1 N–H and O–H groups in total. The first-order valence-corrected chi connectivity index (χ1v) is 10.7. The molecular formula is C22H27FN4O3. The standard InChI is InChI=1S/C22H27FN4O3/c23-18-8-6-16(7-9-18)13-27-14-17(11-21(27)29)22-25-20(30-26-22)12-24-19(28)10-15-4-2-1-3-5-15/h6-9,15,17H,1-5,10-14H2,(H,24,28)/t17-/m0/s1. The Labute approximate surface area is 175 Å². The fourth-order valence-electron chi connectivity index (χ4n) is 4.31. The molecule has 2 aromatic rings. The largest absolute Gasteiger partial charge is 0.347 e. The second-order valence-corrected chi connectivity index (χ2v) is 8.33. The van der Waals surface area contributed by atoms with E-state index in [-0.39, 0.29) is 30.1 Å².